The molecule has 93 heavy (non-hydrogen) atoms. The van der Waals surface area contributed by atoms with Crippen molar-refractivity contribution < 1.29 is 130 Å². The monoisotopic (exact) mass is 1330 g/mol. The highest BCUT2D eigenvalue weighted by molar-refractivity contribution is 5.96. The molecule has 0 aliphatic heterocycles. The normalized spacial score (nSPS) is 10.4. The Labute approximate surface area is 522 Å². The number of rotatable bonds is 28. The molecule has 23 nitrogen and oxygen atoms in total. The maximum atomic E-state index is 13.8. The second-order valence-electron chi connectivity index (χ2n) is 17.6. The van der Waals surface area contributed by atoms with Gasteiger partial charge in [0.1, 0.15) is 76.7 Å². The van der Waals surface area contributed by atoms with E-state index in [9.17, 15) is 87.1 Å². The summed E-state index contributed by atoms with van der Waals surface area (Å²) in [6, 6.07) is 9.13. The van der Waals surface area contributed by atoms with Crippen LogP contribution in [0.5, 0.6) is 28.7 Å². The molecule has 0 aliphatic carbocycles. The summed E-state index contributed by atoms with van der Waals surface area (Å²) in [4.78, 5) is 97.4. The lowest BCUT2D eigenvalue weighted by atomic mass is 10.1. The first-order chi connectivity index (χ1) is 43.9. The number of hydrogen-bond donors (Lipinski definition) is 7. The maximum absolute atomic E-state index is 13.8. The van der Waals surface area contributed by atoms with Crippen molar-refractivity contribution in [2.45, 2.75) is 52.4 Å². The van der Waals surface area contributed by atoms with Crippen molar-refractivity contribution in [2.24, 2.45) is 28.7 Å². The number of methoxy groups -OCH3 is 1. The smallest absolute Gasteiger partial charge is 0.330 e. The number of carbonyl (C=O) groups excluding carboxylic acids is 8. The highest BCUT2D eigenvalue weighted by Gasteiger charge is 2.23. The Morgan fingerprint density at radius 3 is 1.04 bits per heavy atom. The van der Waals surface area contributed by atoms with E-state index >= 15 is 0 Å². The largest absolute Gasteiger partial charge is 0.505 e. The average molecular weight is 1330 g/mol. The van der Waals surface area contributed by atoms with E-state index in [0.29, 0.717) is 19.6 Å². The minimum absolute atomic E-state index is 0.0314. The summed E-state index contributed by atoms with van der Waals surface area (Å²) in [6.45, 7) is 4.14. The molecule has 0 aromatic heterocycles. The second-order valence-corrected chi connectivity index (χ2v) is 17.6. The fourth-order valence-electron chi connectivity index (χ4n) is 6.34. The molecular weight excluding hydrogens is 1270 g/mol. The van der Waals surface area contributed by atoms with Gasteiger partial charge in [0.15, 0.2) is 57.8 Å². The number of carbonyl (C=O) groups is 9. The number of halogens is 10. The third-order valence-electron chi connectivity index (χ3n) is 10.8. The number of benzene rings is 5. The van der Waals surface area contributed by atoms with E-state index in [1.54, 1.807) is 0 Å². The average Bonchev–Trinajstić information content (AvgIpc) is 0.924. The molecule has 0 saturated carbocycles. The number of nitrogens with two attached hydrogens (primary N) is 5. The minimum Gasteiger partial charge on any atom is -0.505 e. The van der Waals surface area contributed by atoms with E-state index in [1.807, 2.05) is 13.8 Å². The highest BCUT2D eigenvalue weighted by atomic mass is 19.2. The lowest BCUT2D eigenvalue weighted by Crippen LogP contribution is -2.16. The molecule has 0 heterocycles. The summed E-state index contributed by atoms with van der Waals surface area (Å²) in [6.07, 6.45) is 10.6. The van der Waals surface area contributed by atoms with Crippen LogP contribution in [0.4, 0.5) is 43.9 Å². The van der Waals surface area contributed by atoms with Gasteiger partial charge in [-0.3, -0.25) is 28.8 Å². The van der Waals surface area contributed by atoms with E-state index in [0.717, 1.165) is 111 Å². The third-order valence-corrected chi connectivity index (χ3v) is 10.8. The van der Waals surface area contributed by atoms with E-state index in [2.05, 4.69) is 10.5 Å². The number of phenolic OH excluding ortho intramolecular Hbond substituents is 1. The van der Waals surface area contributed by atoms with Crippen LogP contribution in [0.2, 0.25) is 0 Å². The molecular formula is C60H61F10N5O18. The summed E-state index contributed by atoms with van der Waals surface area (Å²) < 4.78 is 167. The van der Waals surface area contributed by atoms with Crippen LogP contribution in [0.15, 0.2) is 97.1 Å². The van der Waals surface area contributed by atoms with Gasteiger partial charge in [0, 0.05) is 24.6 Å². The molecule has 0 atom stereocenters. The van der Waals surface area contributed by atoms with Crippen molar-refractivity contribution >= 4 is 53.4 Å². The van der Waals surface area contributed by atoms with Crippen LogP contribution in [-0.4, -0.2) is 110 Å². The van der Waals surface area contributed by atoms with Gasteiger partial charge in [-0.2, -0.15) is 0 Å². The van der Waals surface area contributed by atoms with Gasteiger partial charge in [-0.15, -0.1) is 0 Å². The van der Waals surface area contributed by atoms with Crippen LogP contribution >= 0.6 is 0 Å². The molecule has 0 spiro atoms. The number of esters is 3. The number of hydrogen-bond acceptors (Lipinski definition) is 17. The van der Waals surface area contributed by atoms with Crippen molar-refractivity contribution in [2.75, 3.05) is 46.8 Å². The molecule has 504 valence electrons. The van der Waals surface area contributed by atoms with E-state index in [-0.39, 0.29) is 61.8 Å². The van der Waals surface area contributed by atoms with Crippen LogP contribution in [0, 0.1) is 58.2 Å². The zero-order valence-electron chi connectivity index (χ0n) is 49.3. The number of aliphatic carboxylic acids is 1. The number of amides is 5. The number of carboxylic acid groups (broad SMARTS) is 1. The van der Waals surface area contributed by atoms with Crippen LogP contribution in [0.25, 0.3) is 0 Å². The summed E-state index contributed by atoms with van der Waals surface area (Å²) in [5.74, 6) is -22.4. The fraction of sp³-hybridized carbons (Fsp3) is 0.250. The first-order valence-corrected chi connectivity index (χ1v) is 26.6. The van der Waals surface area contributed by atoms with Gasteiger partial charge in [0.05, 0.1) is 26.9 Å². The van der Waals surface area contributed by atoms with Gasteiger partial charge in [-0.25, -0.2) is 58.3 Å². The summed E-state index contributed by atoms with van der Waals surface area (Å²) in [5, 5.41) is 17.0. The number of aromatic hydroxyl groups is 1. The molecule has 12 N–H and O–H groups in total. The van der Waals surface area contributed by atoms with E-state index < -0.39 is 139 Å². The zero-order chi connectivity index (χ0) is 70.5. The molecule has 0 saturated heterocycles. The van der Waals surface area contributed by atoms with Crippen molar-refractivity contribution in [3.63, 3.8) is 0 Å². The van der Waals surface area contributed by atoms with Gasteiger partial charge in [-0.05, 0) is 98.2 Å². The molecule has 0 radical (unpaired) electrons. The number of primary amides is 5. The molecule has 5 aromatic rings. The number of unbranched alkanes of at least 4 members (excludes halogenated alkanes) is 2. The Bertz CT molecular complexity index is 3540. The van der Waals surface area contributed by atoms with Crippen molar-refractivity contribution in [1.29, 1.82) is 0 Å². The lowest BCUT2D eigenvalue weighted by Gasteiger charge is -2.09. The molecule has 0 aliphatic rings. The van der Waals surface area contributed by atoms with Crippen molar-refractivity contribution in [3.8, 4) is 28.7 Å². The fourth-order valence-corrected chi connectivity index (χ4v) is 6.34. The summed E-state index contributed by atoms with van der Waals surface area (Å²) in [7, 11) is 1.20. The maximum Gasteiger partial charge on any atom is 0.330 e. The minimum atomic E-state index is -1.33. The SMILES string of the molecule is CCCCOC(=O)C=CCOc1ccc(F)c(C(N)=O)c1F.CCCCOC(=O)CCCOc1ccc(F)c(C(N)=O)c1F.COC(=O)C=CCOc1ccc(F)c(C(N)=O)c1F.NC(=O)c1c(F)ccc(O)c1F.NC(=O)c1c(F)ccc(OCC=CC(=O)O)c1F. The van der Waals surface area contributed by atoms with E-state index in [1.165, 1.54) is 19.3 Å². The van der Waals surface area contributed by atoms with Crippen molar-refractivity contribution in [3.05, 3.63) is 183 Å². The molecule has 5 aromatic carbocycles. The number of phenols is 1. The third kappa shape index (κ3) is 28.1. The van der Waals surface area contributed by atoms with Gasteiger partial charge >= 0.3 is 23.9 Å². The summed E-state index contributed by atoms with van der Waals surface area (Å²) in [5.41, 5.74) is 19.7. The topological polar surface area (TPSA) is 389 Å². The zero-order valence-corrected chi connectivity index (χ0v) is 49.3. The molecule has 5 amide bonds. The summed E-state index contributed by atoms with van der Waals surface area (Å²) >= 11 is 0. The number of ether oxygens (including phenoxy) is 7. The van der Waals surface area contributed by atoms with Crippen LogP contribution < -0.4 is 47.6 Å². The second kappa shape index (κ2) is 42.0. The molecule has 0 bridgehead atoms. The van der Waals surface area contributed by atoms with Gasteiger partial charge in [0.2, 0.25) is 0 Å². The number of carboxylic acids is 1. The highest BCUT2D eigenvalue weighted by Crippen LogP contribution is 2.27. The molecule has 33 heteroatoms. The Balaban J connectivity index is 0.000000588. The Hall–Kier alpha value is -11.2. The van der Waals surface area contributed by atoms with Crippen LogP contribution in [-0.2, 0) is 33.4 Å². The first kappa shape index (κ1) is 79.9. The van der Waals surface area contributed by atoms with Crippen molar-refractivity contribution in [1.82, 2.24) is 0 Å². The predicted molar refractivity (Wildman–Crippen MR) is 306 cm³/mol. The molecule has 5 rings (SSSR count). The van der Waals surface area contributed by atoms with Crippen LogP contribution in [0.3, 0.4) is 0 Å². The molecule has 0 fully saturated rings. The quantitative estimate of drug-likeness (QED) is 0.00821. The standard InChI is InChI=1S/C15H19F2NO4.C15H17F2NO4.C12H11F2NO4.C11H9F2NO4.C7H5F2NO2/c2*1-2-3-8-22-12(19)5-4-9-21-11-7-6-10(16)13(14(11)17)15(18)20;1-18-9(16)3-2-6-19-8-5-4-7(13)10(11(8)14)12(15)17;12-6-3-4-7(10(13)9(6)11(14)17)18-5-1-2-8(15)16;8-3-1-2-4(11)6(9)5(3)7(10)12/h6-7H,2-5,8-9H2,1H3,(H2,18,20);4-7H,2-3,8-9H2,1H3,(H2,18,20);2-5H,6H2,1H3,(H2,15,17);1-4H,5H2,(H2,14,17)(H,15,16);1-2,11H,(H2,10,12). The van der Waals surface area contributed by atoms with Gasteiger partial charge < -0.3 is 72.0 Å². The van der Waals surface area contributed by atoms with Crippen LogP contribution in [0.1, 0.15) is 104 Å². The Morgan fingerprint density at radius 2 is 0.720 bits per heavy atom. The molecule has 0 unspecified atom stereocenters. The first-order valence-electron chi connectivity index (χ1n) is 26.6. The lowest BCUT2D eigenvalue weighted by molar-refractivity contribution is -0.144. The Morgan fingerprint density at radius 1 is 0.409 bits per heavy atom. The Kier molecular flexibility index (Phi) is 36.0. The van der Waals surface area contributed by atoms with Gasteiger partial charge in [0.25, 0.3) is 29.5 Å². The van der Waals surface area contributed by atoms with Gasteiger partial charge in [-0.1, -0.05) is 26.7 Å². The van der Waals surface area contributed by atoms with E-state index in [4.69, 9.17) is 61.6 Å². The predicted octanol–water partition coefficient (Wildman–Crippen LogP) is 7.93.